The molecule has 0 saturated carbocycles. The van der Waals surface area contributed by atoms with Crippen LogP contribution in [-0.2, 0) is 6.42 Å². The van der Waals surface area contributed by atoms with E-state index in [0.29, 0.717) is 5.92 Å². The molecule has 18 heavy (non-hydrogen) atoms. The van der Waals surface area contributed by atoms with Crippen LogP contribution in [0.3, 0.4) is 0 Å². The van der Waals surface area contributed by atoms with Crippen LogP contribution < -0.4 is 0 Å². The first-order valence-corrected chi connectivity index (χ1v) is 6.61. The summed E-state index contributed by atoms with van der Waals surface area (Å²) >= 11 is 5.91. The van der Waals surface area contributed by atoms with Crippen LogP contribution in [0, 0.1) is 6.92 Å². The molecule has 2 heteroatoms. The number of hydrogen-bond acceptors (Lipinski definition) is 1. The Morgan fingerprint density at radius 2 is 1.94 bits per heavy atom. The first-order valence-electron chi connectivity index (χ1n) is 6.23. The summed E-state index contributed by atoms with van der Waals surface area (Å²) in [5, 5.41) is 0.786. The van der Waals surface area contributed by atoms with Gasteiger partial charge in [-0.1, -0.05) is 43.1 Å². The Balaban J connectivity index is 2.14. The van der Waals surface area contributed by atoms with Crippen molar-refractivity contribution in [3.05, 3.63) is 71.9 Å². The van der Waals surface area contributed by atoms with Crippen LogP contribution in [0.15, 0.2) is 48.8 Å². The summed E-state index contributed by atoms with van der Waals surface area (Å²) in [5.74, 6) is 0.484. The van der Waals surface area contributed by atoms with Crippen LogP contribution in [0.2, 0.25) is 5.02 Å². The first kappa shape index (κ1) is 13.1. The van der Waals surface area contributed by atoms with Crippen LogP contribution in [0.5, 0.6) is 0 Å². The molecule has 1 heterocycles. The highest BCUT2D eigenvalue weighted by atomic mass is 35.5. The minimum Gasteiger partial charge on any atom is -0.264 e. The van der Waals surface area contributed by atoms with Gasteiger partial charge in [0.25, 0.3) is 0 Å². The van der Waals surface area contributed by atoms with Crippen molar-refractivity contribution in [1.29, 1.82) is 0 Å². The van der Waals surface area contributed by atoms with Crippen LogP contribution in [-0.4, -0.2) is 4.98 Å². The maximum Gasteiger partial charge on any atom is 0.0406 e. The molecule has 0 aliphatic carbocycles. The SMILES string of the molecule is [CH2]CCC(Cc1ccc(Cl)cc1)c1cccnc1. The van der Waals surface area contributed by atoms with Crippen LogP contribution in [0.4, 0.5) is 0 Å². The lowest BCUT2D eigenvalue weighted by atomic mass is 9.89. The highest BCUT2D eigenvalue weighted by molar-refractivity contribution is 6.30. The molecular formula is C16H17ClN. The first-order chi connectivity index (χ1) is 8.79. The quantitative estimate of drug-likeness (QED) is 0.759. The van der Waals surface area contributed by atoms with Gasteiger partial charge >= 0.3 is 0 Å². The Morgan fingerprint density at radius 3 is 2.56 bits per heavy atom. The van der Waals surface area contributed by atoms with Gasteiger partial charge < -0.3 is 0 Å². The smallest absolute Gasteiger partial charge is 0.0406 e. The summed E-state index contributed by atoms with van der Waals surface area (Å²) in [5.41, 5.74) is 2.60. The number of pyridine rings is 1. The fourth-order valence-electron chi connectivity index (χ4n) is 2.16. The van der Waals surface area contributed by atoms with E-state index >= 15 is 0 Å². The lowest BCUT2D eigenvalue weighted by molar-refractivity contribution is 0.625. The van der Waals surface area contributed by atoms with E-state index < -0.39 is 0 Å². The van der Waals surface area contributed by atoms with Crippen molar-refractivity contribution in [3.63, 3.8) is 0 Å². The van der Waals surface area contributed by atoms with E-state index in [2.05, 4.69) is 30.1 Å². The molecule has 2 rings (SSSR count). The number of hydrogen-bond donors (Lipinski definition) is 0. The third kappa shape index (κ3) is 3.58. The maximum atomic E-state index is 5.91. The number of rotatable bonds is 5. The number of benzene rings is 1. The summed E-state index contributed by atoms with van der Waals surface area (Å²) in [6, 6.07) is 12.2. The average molecular weight is 259 g/mol. The average Bonchev–Trinajstić information content (AvgIpc) is 2.42. The highest BCUT2D eigenvalue weighted by Crippen LogP contribution is 2.25. The summed E-state index contributed by atoms with van der Waals surface area (Å²) in [4.78, 5) is 4.20. The Kier molecular flexibility index (Phi) is 4.77. The number of aromatic nitrogens is 1. The molecule has 1 unspecified atom stereocenters. The molecule has 0 amide bonds. The van der Waals surface area contributed by atoms with E-state index in [1.54, 1.807) is 0 Å². The number of nitrogens with zero attached hydrogens (tertiary/aromatic N) is 1. The molecule has 0 spiro atoms. The van der Waals surface area contributed by atoms with Gasteiger partial charge in [0.05, 0.1) is 0 Å². The molecule has 0 bridgehead atoms. The molecule has 1 atom stereocenters. The third-order valence-corrected chi connectivity index (χ3v) is 3.36. The van der Waals surface area contributed by atoms with Gasteiger partial charge in [0.15, 0.2) is 0 Å². The molecule has 1 radical (unpaired) electrons. The normalized spacial score (nSPS) is 12.3. The maximum absolute atomic E-state index is 5.91. The predicted octanol–water partition coefficient (Wildman–Crippen LogP) is 4.68. The van der Waals surface area contributed by atoms with Gasteiger partial charge in [-0.3, -0.25) is 4.98 Å². The molecule has 0 aliphatic heterocycles. The topological polar surface area (TPSA) is 12.9 Å². The fraction of sp³-hybridized carbons (Fsp3) is 0.250. The molecule has 1 aromatic heterocycles. The Bertz CT molecular complexity index is 464. The van der Waals surface area contributed by atoms with Gasteiger partial charge in [-0.15, -0.1) is 0 Å². The van der Waals surface area contributed by atoms with Crippen molar-refractivity contribution in [2.75, 3.05) is 0 Å². The zero-order chi connectivity index (χ0) is 12.8. The van der Waals surface area contributed by atoms with Crippen molar-refractivity contribution in [3.8, 4) is 0 Å². The third-order valence-electron chi connectivity index (χ3n) is 3.10. The van der Waals surface area contributed by atoms with E-state index in [1.165, 1.54) is 11.1 Å². The molecule has 93 valence electrons. The molecule has 1 aromatic carbocycles. The predicted molar refractivity (Wildman–Crippen MR) is 76.7 cm³/mol. The van der Waals surface area contributed by atoms with Gasteiger partial charge in [-0.2, -0.15) is 0 Å². The molecule has 0 aliphatic rings. The molecule has 0 saturated heterocycles. The van der Waals surface area contributed by atoms with Gasteiger partial charge in [0.2, 0.25) is 0 Å². The van der Waals surface area contributed by atoms with Gasteiger partial charge in [0, 0.05) is 17.4 Å². The second-order valence-electron chi connectivity index (χ2n) is 4.46. The molecule has 0 N–H and O–H groups in total. The van der Waals surface area contributed by atoms with Crippen molar-refractivity contribution in [1.82, 2.24) is 4.98 Å². The van der Waals surface area contributed by atoms with Crippen molar-refractivity contribution in [2.24, 2.45) is 0 Å². The summed E-state index contributed by atoms with van der Waals surface area (Å²) < 4.78 is 0. The van der Waals surface area contributed by atoms with Gasteiger partial charge in [0.1, 0.15) is 0 Å². The molecule has 0 fully saturated rings. The molecule has 2 aromatic rings. The van der Waals surface area contributed by atoms with Crippen LogP contribution in [0.1, 0.15) is 29.9 Å². The van der Waals surface area contributed by atoms with Crippen molar-refractivity contribution < 1.29 is 0 Å². The second kappa shape index (κ2) is 6.55. The summed E-state index contributed by atoms with van der Waals surface area (Å²) in [6.07, 6.45) is 6.79. The fourth-order valence-corrected chi connectivity index (χ4v) is 2.28. The van der Waals surface area contributed by atoms with E-state index in [1.807, 2.05) is 30.6 Å². The lowest BCUT2D eigenvalue weighted by Crippen LogP contribution is -2.03. The standard InChI is InChI=1S/C16H17ClN/c1-2-4-14(15-5-3-10-18-12-15)11-13-6-8-16(17)9-7-13/h3,5-10,12,14H,1-2,4,11H2. The van der Waals surface area contributed by atoms with E-state index in [4.69, 9.17) is 11.6 Å². The second-order valence-corrected chi connectivity index (χ2v) is 4.89. The Labute approximate surface area is 114 Å². The minimum absolute atomic E-state index is 0.484. The Hall–Kier alpha value is -1.34. The van der Waals surface area contributed by atoms with Crippen molar-refractivity contribution in [2.45, 2.75) is 25.2 Å². The summed E-state index contributed by atoms with van der Waals surface area (Å²) in [7, 11) is 0. The largest absolute Gasteiger partial charge is 0.264 e. The van der Waals surface area contributed by atoms with Crippen molar-refractivity contribution >= 4 is 11.6 Å². The lowest BCUT2D eigenvalue weighted by Gasteiger charge is -2.16. The zero-order valence-corrected chi connectivity index (χ0v) is 11.1. The Morgan fingerprint density at radius 1 is 1.17 bits per heavy atom. The summed E-state index contributed by atoms with van der Waals surface area (Å²) in [6.45, 7) is 3.97. The highest BCUT2D eigenvalue weighted by Gasteiger charge is 2.11. The molecule has 1 nitrogen and oxygen atoms in total. The molecular weight excluding hydrogens is 242 g/mol. The van der Waals surface area contributed by atoms with E-state index in [-0.39, 0.29) is 0 Å². The zero-order valence-electron chi connectivity index (χ0n) is 10.3. The van der Waals surface area contributed by atoms with Gasteiger partial charge in [-0.25, -0.2) is 0 Å². The monoisotopic (exact) mass is 258 g/mol. The van der Waals surface area contributed by atoms with Crippen LogP contribution >= 0.6 is 11.6 Å². The minimum atomic E-state index is 0.484. The van der Waals surface area contributed by atoms with Gasteiger partial charge in [-0.05, 0) is 48.1 Å². The van der Waals surface area contributed by atoms with E-state index in [0.717, 1.165) is 24.3 Å². The number of halogens is 1. The van der Waals surface area contributed by atoms with E-state index in [9.17, 15) is 0 Å². The van der Waals surface area contributed by atoms with Crippen LogP contribution in [0.25, 0.3) is 0 Å².